The second-order valence-corrected chi connectivity index (χ2v) is 7.02. The number of quaternary nitrogens is 1. The number of hydrogen-bond acceptors (Lipinski definition) is 4. The van der Waals surface area contributed by atoms with E-state index in [0.29, 0.717) is 18.4 Å². The van der Waals surface area contributed by atoms with E-state index in [4.69, 9.17) is 13.6 Å². The third-order valence-electron chi connectivity index (χ3n) is 5.66. The number of likely N-dealkylation sites (N-methyl/N-ethyl adjacent to an activating group) is 1. The van der Waals surface area contributed by atoms with Crippen LogP contribution in [0.25, 0.3) is 0 Å². The first-order chi connectivity index (χ1) is 12.3. The fraction of sp³-hybridized carbons (Fsp3) is 0.611. The number of hydrogen-bond donors (Lipinski definition) is 1. The van der Waals surface area contributed by atoms with Gasteiger partial charge in [0.25, 0.3) is 0 Å². The van der Waals surface area contributed by atoms with E-state index < -0.39 is 18.9 Å². The van der Waals surface area contributed by atoms with Crippen molar-refractivity contribution in [2.24, 2.45) is 0 Å². The molecule has 4 rings (SSSR count). The van der Waals surface area contributed by atoms with Crippen LogP contribution in [0.1, 0.15) is 28.4 Å². The van der Waals surface area contributed by atoms with Crippen LogP contribution in [0.5, 0.6) is 0 Å². The lowest BCUT2D eigenvalue weighted by Gasteiger charge is -2.45. The maximum atomic E-state index is 12.6. The molecular weight excluding hydrogens is 421 g/mol. The number of carbonyl (C=O) groups excluding carboxylic acids is 1. The van der Waals surface area contributed by atoms with Crippen LogP contribution in [0.3, 0.4) is 0 Å². The number of benzene rings is 1. The Morgan fingerprint density at radius 3 is 2.54 bits per heavy atom. The van der Waals surface area contributed by atoms with Gasteiger partial charge < -0.3 is 43.0 Å². The largest absolute Gasteiger partial charge is 1.00 e. The van der Waals surface area contributed by atoms with Gasteiger partial charge in [-0.15, -0.1) is 0 Å². The van der Waals surface area contributed by atoms with Crippen molar-refractivity contribution in [2.45, 2.75) is 49.2 Å². The number of carbonyl (C=O) groups is 1. The molecule has 2 bridgehead atoms. The summed E-state index contributed by atoms with van der Waals surface area (Å²) in [6.07, 6.45) is 0.533. The summed E-state index contributed by atoms with van der Waals surface area (Å²) < 4.78 is 35.2. The lowest BCUT2D eigenvalue weighted by molar-refractivity contribution is -0.938. The zero-order valence-electron chi connectivity index (χ0n) is 16.5. The average Bonchev–Trinajstić information content (AvgIpc) is 3.34. The predicted octanol–water partition coefficient (Wildman–Crippen LogP) is -1.93. The van der Waals surface area contributed by atoms with Crippen molar-refractivity contribution in [3.63, 3.8) is 0 Å². The van der Waals surface area contributed by atoms with E-state index in [1.54, 1.807) is 19.2 Å². The molecule has 2 unspecified atom stereocenters. The monoisotopic (exact) mass is 448 g/mol. The smallest absolute Gasteiger partial charge is 0.316 e. The normalized spacial score (nSPS) is 42.6. The van der Waals surface area contributed by atoms with Crippen molar-refractivity contribution in [1.82, 2.24) is 0 Å². The molecule has 0 spiro atoms. The Morgan fingerprint density at radius 1 is 1.38 bits per heavy atom. The minimum absolute atomic E-state index is 0. The Morgan fingerprint density at radius 2 is 2.00 bits per heavy atom. The summed E-state index contributed by atoms with van der Waals surface area (Å²) in [5, 5.41) is 9.64. The molecule has 3 heterocycles. The Labute approximate surface area is 163 Å². The second kappa shape index (κ2) is 6.55. The van der Waals surface area contributed by atoms with Gasteiger partial charge in [-0.3, -0.25) is 4.79 Å². The number of epoxide rings is 1. The van der Waals surface area contributed by atoms with Crippen molar-refractivity contribution in [1.29, 1.82) is 0 Å². The summed E-state index contributed by atoms with van der Waals surface area (Å²) in [6, 6.07) is 8.69. The quantitative estimate of drug-likeness (QED) is 0.252. The summed E-state index contributed by atoms with van der Waals surface area (Å²) in [7, 11) is 1.77. The number of nitrogens with zero attached hydrogens (tertiary/aromatic N) is 1. The molecule has 1 aromatic carbocycles. The van der Waals surface area contributed by atoms with Crippen molar-refractivity contribution < 1.29 is 51.9 Å². The molecular formula is C18H24INO4. The Balaban J connectivity index is 0.00000210. The molecule has 3 fully saturated rings. The van der Waals surface area contributed by atoms with Gasteiger partial charge in [0, 0.05) is 12.8 Å². The number of aliphatic hydroxyl groups is 1. The molecule has 0 radical (unpaired) electrons. The molecule has 132 valence electrons. The van der Waals surface area contributed by atoms with Crippen LogP contribution in [0.4, 0.5) is 0 Å². The first kappa shape index (κ1) is 14.5. The summed E-state index contributed by atoms with van der Waals surface area (Å²) in [5.74, 6) is -1.17. The van der Waals surface area contributed by atoms with Crippen LogP contribution in [-0.2, 0) is 14.3 Å². The van der Waals surface area contributed by atoms with Gasteiger partial charge in [0.2, 0.25) is 0 Å². The lowest BCUT2D eigenvalue weighted by atomic mass is 9.95. The SMILES string of the molecule is [2H]C([2H])([2H])[N+]1(C)[C@@H]2CC(OC(=O)[C@H](CO)c3ccccc3)C[C@H]1[C@@H]1O[C@@H]12.[I-]. The number of esters is 1. The van der Waals surface area contributed by atoms with Crippen LogP contribution in [0, 0.1) is 0 Å². The van der Waals surface area contributed by atoms with Gasteiger partial charge in [-0.05, 0) is 5.56 Å². The number of morpholine rings is 1. The first-order valence-electron chi connectivity index (χ1n) is 9.65. The Hall–Kier alpha value is -0.700. The van der Waals surface area contributed by atoms with E-state index in [1.807, 2.05) is 18.2 Å². The maximum absolute atomic E-state index is 12.6. The van der Waals surface area contributed by atoms with Gasteiger partial charge in [-0.2, -0.15) is 0 Å². The highest BCUT2D eigenvalue weighted by Gasteiger charge is 2.70. The summed E-state index contributed by atoms with van der Waals surface area (Å²) in [6.45, 7) is -2.43. The van der Waals surface area contributed by atoms with Gasteiger partial charge in [0.05, 0.1) is 24.7 Å². The maximum Gasteiger partial charge on any atom is 0.316 e. The van der Waals surface area contributed by atoms with E-state index in [1.165, 1.54) is 0 Å². The molecule has 7 atom stereocenters. The van der Waals surface area contributed by atoms with Crippen LogP contribution in [-0.4, -0.2) is 66.6 Å². The zero-order valence-corrected chi connectivity index (χ0v) is 15.6. The molecule has 0 aromatic heterocycles. The van der Waals surface area contributed by atoms with Crippen LogP contribution in [0.15, 0.2) is 30.3 Å². The summed E-state index contributed by atoms with van der Waals surface area (Å²) >= 11 is 0. The van der Waals surface area contributed by atoms with E-state index >= 15 is 0 Å². The van der Waals surface area contributed by atoms with E-state index in [0.717, 1.165) is 0 Å². The molecule has 6 heteroatoms. The molecule has 5 nitrogen and oxygen atoms in total. The summed E-state index contributed by atoms with van der Waals surface area (Å²) in [4.78, 5) is 12.6. The molecule has 1 N–H and O–H groups in total. The molecule has 0 aliphatic carbocycles. The third kappa shape index (κ3) is 2.87. The van der Waals surface area contributed by atoms with Crippen LogP contribution in [0.2, 0.25) is 0 Å². The molecule has 3 aliphatic heterocycles. The Kier molecular flexibility index (Phi) is 3.95. The van der Waals surface area contributed by atoms with Crippen LogP contribution >= 0.6 is 0 Å². The second-order valence-electron chi connectivity index (χ2n) is 7.02. The number of ether oxygens (including phenoxy) is 2. The van der Waals surface area contributed by atoms with Gasteiger partial charge in [-0.25, -0.2) is 0 Å². The predicted molar refractivity (Wildman–Crippen MR) is 83.7 cm³/mol. The van der Waals surface area contributed by atoms with Gasteiger partial charge in [0.1, 0.15) is 36.3 Å². The molecule has 0 amide bonds. The van der Waals surface area contributed by atoms with E-state index in [-0.39, 0.29) is 65.5 Å². The minimum Gasteiger partial charge on any atom is -1.00 e. The highest BCUT2D eigenvalue weighted by molar-refractivity contribution is 5.78. The summed E-state index contributed by atoms with van der Waals surface area (Å²) in [5.41, 5.74) is 0.716. The van der Waals surface area contributed by atoms with Crippen molar-refractivity contribution >= 4 is 5.97 Å². The standard InChI is InChI=1S/C18H24NO4.HI/c1-19(2)14-8-12(9-15(19)17-16(14)23-17)22-18(21)13(10-20)11-6-4-3-5-7-11;/h3-7,12-17,20H,8-10H2,1-2H3;1H/q+1;/p-1/t12?,13-,14-,15+,16-,17+;/m1./s1/i1D3;/t12?,13-,14-,15+,16-,17+,19?;. The zero-order chi connectivity index (χ0) is 18.7. The number of aliphatic hydroxyl groups excluding tert-OH is 1. The topological polar surface area (TPSA) is 59.1 Å². The fourth-order valence-corrected chi connectivity index (χ4v) is 4.30. The minimum atomic E-state index is -2.11. The lowest BCUT2D eigenvalue weighted by Crippen LogP contribution is -3.00. The van der Waals surface area contributed by atoms with Crippen LogP contribution < -0.4 is 24.0 Å². The molecule has 24 heavy (non-hydrogen) atoms. The number of piperidine rings is 1. The van der Waals surface area contributed by atoms with Gasteiger partial charge >= 0.3 is 5.97 Å². The average molecular weight is 448 g/mol. The number of rotatable bonds is 4. The van der Waals surface area contributed by atoms with E-state index in [2.05, 4.69) is 0 Å². The van der Waals surface area contributed by atoms with Gasteiger partial charge in [0.15, 0.2) is 0 Å². The number of fused-ring (bicyclic) bond motifs is 5. The van der Waals surface area contributed by atoms with Crippen molar-refractivity contribution in [3.8, 4) is 0 Å². The highest BCUT2D eigenvalue weighted by atomic mass is 127. The highest BCUT2D eigenvalue weighted by Crippen LogP contribution is 2.51. The molecule has 0 saturated carbocycles. The fourth-order valence-electron chi connectivity index (χ4n) is 4.30. The van der Waals surface area contributed by atoms with Crippen molar-refractivity contribution in [3.05, 3.63) is 35.9 Å². The molecule has 1 aromatic rings. The van der Waals surface area contributed by atoms with E-state index in [9.17, 15) is 9.90 Å². The Bertz CT molecular complexity index is 684. The molecule has 3 saturated heterocycles. The van der Waals surface area contributed by atoms with Gasteiger partial charge in [-0.1, -0.05) is 30.3 Å². The third-order valence-corrected chi connectivity index (χ3v) is 5.66. The number of halogens is 1. The first-order valence-corrected chi connectivity index (χ1v) is 8.15. The molecule has 3 aliphatic rings. The van der Waals surface area contributed by atoms with Crippen molar-refractivity contribution in [2.75, 3.05) is 20.6 Å².